The van der Waals surface area contributed by atoms with Gasteiger partial charge in [0.2, 0.25) is 15.9 Å². The summed E-state index contributed by atoms with van der Waals surface area (Å²) in [7, 11) is -2.06. The standard InChI is InChI=1S/C18H21ClN2O4S/c1-13-8-9-14(19)12-16(13)21(26(3,23)24)11-10-18(22)20-15-6-4-5-7-17(15)25-2/h4-9,12H,10-11H2,1-3H3,(H,20,22). The Kier molecular flexibility index (Phi) is 6.50. The minimum absolute atomic E-state index is 0.000990. The molecule has 0 unspecified atom stereocenters. The number of ether oxygens (including phenoxy) is 1. The van der Waals surface area contributed by atoms with E-state index in [1.807, 2.05) is 0 Å². The van der Waals surface area contributed by atoms with Crippen molar-refractivity contribution in [2.75, 3.05) is 29.5 Å². The number of methoxy groups -OCH3 is 1. The van der Waals surface area contributed by atoms with Crippen LogP contribution in [0, 0.1) is 6.92 Å². The molecule has 0 aliphatic rings. The number of amides is 1. The Bertz CT molecular complexity index is 900. The van der Waals surface area contributed by atoms with Crippen molar-refractivity contribution in [3.8, 4) is 5.75 Å². The quantitative estimate of drug-likeness (QED) is 0.777. The van der Waals surface area contributed by atoms with Crippen LogP contribution in [0.1, 0.15) is 12.0 Å². The van der Waals surface area contributed by atoms with Crippen LogP contribution in [0.3, 0.4) is 0 Å². The Hall–Kier alpha value is -2.25. The fourth-order valence-corrected chi connectivity index (χ4v) is 3.62. The van der Waals surface area contributed by atoms with Crippen molar-refractivity contribution >= 4 is 38.9 Å². The number of aryl methyl sites for hydroxylation is 1. The van der Waals surface area contributed by atoms with E-state index in [4.69, 9.17) is 16.3 Å². The Morgan fingerprint density at radius 2 is 1.92 bits per heavy atom. The molecule has 26 heavy (non-hydrogen) atoms. The van der Waals surface area contributed by atoms with E-state index in [0.717, 1.165) is 11.8 Å². The molecule has 2 aromatic carbocycles. The van der Waals surface area contributed by atoms with E-state index in [1.165, 1.54) is 11.4 Å². The molecule has 0 heterocycles. The summed E-state index contributed by atoms with van der Waals surface area (Å²) in [4.78, 5) is 12.3. The van der Waals surface area contributed by atoms with Crippen LogP contribution in [0.2, 0.25) is 5.02 Å². The van der Waals surface area contributed by atoms with Crippen molar-refractivity contribution in [3.63, 3.8) is 0 Å². The summed E-state index contributed by atoms with van der Waals surface area (Å²) in [5.74, 6) is 0.217. The molecule has 0 aliphatic heterocycles. The third-order valence-electron chi connectivity index (χ3n) is 3.76. The Labute approximate surface area is 158 Å². The van der Waals surface area contributed by atoms with Crippen molar-refractivity contribution in [2.24, 2.45) is 0 Å². The first-order valence-corrected chi connectivity index (χ1v) is 10.1. The van der Waals surface area contributed by atoms with Crippen LogP contribution in [0.4, 0.5) is 11.4 Å². The van der Waals surface area contributed by atoms with Crippen molar-refractivity contribution in [2.45, 2.75) is 13.3 Å². The van der Waals surface area contributed by atoms with Gasteiger partial charge in [-0.2, -0.15) is 0 Å². The minimum atomic E-state index is -3.57. The van der Waals surface area contributed by atoms with E-state index >= 15 is 0 Å². The molecular formula is C18H21ClN2O4S. The van der Waals surface area contributed by atoms with Gasteiger partial charge >= 0.3 is 0 Å². The smallest absolute Gasteiger partial charge is 0.232 e. The van der Waals surface area contributed by atoms with E-state index in [-0.39, 0.29) is 18.9 Å². The third kappa shape index (κ3) is 5.12. The van der Waals surface area contributed by atoms with Crippen molar-refractivity contribution in [3.05, 3.63) is 53.1 Å². The number of hydrogen-bond acceptors (Lipinski definition) is 4. The summed E-state index contributed by atoms with van der Waals surface area (Å²) in [5.41, 5.74) is 1.75. The summed E-state index contributed by atoms with van der Waals surface area (Å²) in [6.45, 7) is 1.79. The number of benzene rings is 2. The number of carbonyl (C=O) groups excluding carboxylic acids is 1. The van der Waals surface area contributed by atoms with Gasteiger partial charge in [-0.3, -0.25) is 9.10 Å². The topological polar surface area (TPSA) is 75.7 Å². The van der Waals surface area contributed by atoms with Gasteiger partial charge in [0, 0.05) is 18.0 Å². The van der Waals surface area contributed by atoms with Gasteiger partial charge in [0.25, 0.3) is 0 Å². The predicted octanol–water partition coefficient (Wildman–Crippen LogP) is 3.45. The average molecular weight is 397 g/mol. The summed E-state index contributed by atoms with van der Waals surface area (Å²) in [6.07, 6.45) is 1.09. The fraction of sp³-hybridized carbons (Fsp3) is 0.278. The average Bonchev–Trinajstić information content (AvgIpc) is 2.57. The summed E-state index contributed by atoms with van der Waals surface area (Å²) < 4.78 is 30.8. The zero-order valence-corrected chi connectivity index (χ0v) is 16.4. The van der Waals surface area contributed by atoms with Gasteiger partial charge in [-0.1, -0.05) is 29.8 Å². The van der Waals surface area contributed by atoms with E-state index in [2.05, 4.69) is 5.32 Å². The van der Waals surface area contributed by atoms with Crippen LogP contribution in [0.15, 0.2) is 42.5 Å². The molecule has 140 valence electrons. The fourth-order valence-electron chi connectivity index (χ4n) is 2.48. The number of nitrogens with zero attached hydrogens (tertiary/aromatic N) is 1. The molecule has 0 aliphatic carbocycles. The second kappa shape index (κ2) is 8.42. The molecule has 0 fully saturated rings. The number of halogens is 1. The Balaban J connectivity index is 2.15. The van der Waals surface area contributed by atoms with Gasteiger partial charge in [-0.25, -0.2) is 8.42 Å². The van der Waals surface area contributed by atoms with Crippen LogP contribution in [0.25, 0.3) is 0 Å². The number of carbonyl (C=O) groups is 1. The molecule has 0 atom stereocenters. The molecule has 8 heteroatoms. The summed E-state index contributed by atoms with van der Waals surface area (Å²) in [5, 5.41) is 3.16. The lowest BCUT2D eigenvalue weighted by Crippen LogP contribution is -2.33. The van der Waals surface area contributed by atoms with Crippen LogP contribution >= 0.6 is 11.6 Å². The SMILES string of the molecule is COc1ccccc1NC(=O)CCN(c1cc(Cl)ccc1C)S(C)(=O)=O. The van der Waals surface area contributed by atoms with Crippen LogP contribution < -0.4 is 14.4 Å². The molecule has 0 spiro atoms. The predicted molar refractivity (Wildman–Crippen MR) is 105 cm³/mol. The first-order chi connectivity index (χ1) is 12.2. The molecule has 1 N–H and O–H groups in total. The van der Waals surface area contributed by atoms with Gasteiger partial charge in [0.15, 0.2) is 0 Å². The second-order valence-electron chi connectivity index (χ2n) is 5.76. The van der Waals surface area contributed by atoms with Crippen molar-refractivity contribution in [1.82, 2.24) is 0 Å². The van der Waals surface area contributed by atoms with E-state index in [9.17, 15) is 13.2 Å². The van der Waals surface area contributed by atoms with Gasteiger partial charge in [-0.15, -0.1) is 0 Å². The molecule has 0 radical (unpaired) electrons. The summed E-state index contributed by atoms with van der Waals surface area (Å²) in [6, 6.07) is 12.0. The maximum absolute atomic E-state index is 12.3. The number of hydrogen-bond donors (Lipinski definition) is 1. The molecule has 0 saturated heterocycles. The highest BCUT2D eigenvalue weighted by molar-refractivity contribution is 7.92. The number of para-hydroxylation sites is 2. The van der Waals surface area contributed by atoms with Gasteiger partial charge in [0.05, 0.1) is 24.7 Å². The molecule has 2 aromatic rings. The minimum Gasteiger partial charge on any atom is -0.495 e. The maximum Gasteiger partial charge on any atom is 0.232 e. The zero-order valence-electron chi connectivity index (χ0n) is 14.8. The Morgan fingerprint density at radius 1 is 1.23 bits per heavy atom. The normalized spacial score (nSPS) is 11.1. The highest BCUT2D eigenvalue weighted by atomic mass is 35.5. The third-order valence-corrected chi connectivity index (χ3v) is 5.18. The molecule has 6 nitrogen and oxygen atoms in total. The van der Waals surface area contributed by atoms with Gasteiger partial charge < -0.3 is 10.1 Å². The van der Waals surface area contributed by atoms with Crippen molar-refractivity contribution < 1.29 is 17.9 Å². The summed E-state index contributed by atoms with van der Waals surface area (Å²) >= 11 is 6.00. The lowest BCUT2D eigenvalue weighted by molar-refractivity contribution is -0.116. The molecule has 2 rings (SSSR count). The monoisotopic (exact) mass is 396 g/mol. The molecule has 0 bridgehead atoms. The van der Waals surface area contributed by atoms with Crippen LogP contribution in [0.5, 0.6) is 5.75 Å². The largest absolute Gasteiger partial charge is 0.495 e. The van der Waals surface area contributed by atoms with Crippen molar-refractivity contribution in [1.29, 1.82) is 0 Å². The lowest BCUT2D eigenvalue weighted by atomic mass is 10.2. The first-order valence-electron chi connectivity index (χ1n) is 7.89. The molecule has 0 saturated carbocycles. The second-order valence-corrected chi connectivity index (χ2v) is 8.11. The van der Waals surface area contributed by atoms with E-state index in [0.29, 0.717) is 22.1 Å². The zero-order chi connectivity index (χ0) is 19.3. The molecular weight excluding hydrogens is 376 g/mol. The highest BCUT2D eigenvalue weighted by Crippen LogP contribution is 2.27. The Morgan fingerprint density at radius 3 is 2.58 bits per heavy atom. The first kappa shape index (κ1) is 20.1. The lowest BCUT2D eigenvalue weighted by Gasteiger charge is -2.24. The van der Waals surface area contributed by atoms with E-state index < -0.39 is 10.0 Å². The highest BCUT2D eigenvalue weighted by Gasteiger charge is 2.21. The van der Waals surface area contributed by atoms with Crippen LogP contribution in [-0.4, -0.2) is 34.2 Å². The maximum atomic E-state index is 12.3. The molecule has 0 aromatic heterocycles. The van der Waals surface area contributed by atoms with Crippen LogP contribution in [-0.2, 0) is 14.8 Å². The molecule has 1 amide bonds. The number of sulfonamides is 1. The van der Waals surface area contributed by atoms with E-state index in [1.54, 1.807) is 49.4 Å². The number of nitrogens with one attached hydrogen (secondary N) is 1. The number of rotatable bonds is 7. The number of anilines is 2. The van der Waals surface area contributed by atoms with Gasteiger partial charge in [-0.05, 0) is 36.8 Å². The van der Waals surface area contributed by atoms with Gasteiger partial charge in [0.1, 0.15) is 5.75 Å².